The molecule has 1 fully saturated rings. The second-order valence-corrected chi connectivity index (χ2v) is 5.21. The van der Waals surface area contributed by atoms with E-state index in [-0.39, 0.29) is 11.7 Å². The molecule has 1 aliphatic heterocycles. The lowest BCUT2D eigenvalue weighted by Gasteiger charge is -2.28. The Morgan fingerprint density at radius 2 is 1.86 bits per heavy atom. The molecule has 1 aromatic heterocycles. The molecule has 110 valence electrons. The van der Waals surface area contributed by atoms with Crippen LogP contribution in [-0.4, -0.2) is 39.0 Å². The molecule has 3 rings (SSSR count). The number of piperidine rings is 1. The lowest BCUT2D eigenvalue weighted by Crippen LogP contribution is -2.36. The molecule has 2 heterocycles. The lowest BCUT2D eigenvalue weighted by molar-refractivity contribution is 0.131. The van der Waals surface area contributed by atoms with Crippen LogP contribution in [0.25, 0.3) is 5.69 Å². The molecule has 0 atom stereocenters. The molecule has 6 heteroatoms. The van der Waals surface area contributed by atoms with Crippen LogP contribution in [0.3, 0.4) is 0 Å². The van der Waals surface area contributed by atoms with Crippen molar-refractivity contribution in [1.29, 1.82) is 0 Å². The Labute approximate surface area is 121 Å². The molecule has 1 aromatic carbocycles. The van der Waals surface area contributed by atoms with Gasteiger partial charge in [0.05, 0.1) is 11.4 Å². The Balaban J connectivity index is 1.71. The van der Waals surface area contributed by atoms with Crippen molar-refractivity contribution in [2.45, 2.75) is 18.8 Å². The predicted molar refractivity (Wildman–Crippen MR) is 75.1 cm³/mol. The summed E-state index contributed by atoms with van der Waals surface area (Å²) in [5, 5.41) is 13.5. The minimum absolute atomic E-state index is 0.271. The molecule has 0 spiro atoms. The number of benzene rings is 1. The molecule has 0 bridgehead atoms. The summed E-state index contributed by atoms with van der Waals surface area (Å²) in [6.07, 6.45) is 2.57. The number of aromatic nitrogens is 2. The van der Waals surface area contributed by atoms with Gasteiger partial charge in [-0.05, 0) is 43.2 Å². The number of hydrogen-bond donors (Lipinski definition) is 1. The van der Waals surface area contributed by atoms with Gasteiger partial charge in [0.2, 0.25) is 0 Å². The maximum atomic E-state index is 12.9. The predicted octanol–water partition coefficient (Wildman–Crippen LogP) is 2.87. The van der Waals surface area contributed by atoms with Gasteiger partial charge in [-0.1, -0.05) is 0 Å². The lowest BCUT2D eigenvalue weighted by atomic mass is 9.94. The highest BCUT2D eigenvalue weighted by Gasteiger charge is 2.24. The van der Waals surface area contributed by atoms with Gasteiger partial charge in [0.1, 0.15) is 5.82 Å². The minimum atomic E-state index is -0.856. The van der Waals surface area contributed by atoms with E-state index in [4.69, 9.17) is 5.11 Å². The first-order valence-corrected chi connectivity index (χ1v) is 6.93. The first-order valence-electron chi connectivity index (χ1n) is 6.93. The Hall–Kier alpha value is -2.37. The fourth-order valence-corrected chi connectivity index (χ4v) is 2.66. The summed E-state index contributed by atoms with van der Waals surface area (Å²) >= 11 is 0. The summed E-state index contributed by atoms with van der Waals surface area (Å²) in [5.41, 5.74) is 1.77. The van der Waals surface area contributed by atoms with Gasteiger partial charge >= 0.3 is 6.09 Å². The standard InChI is InChI=1S/C15H16FN3O2/c16-12-1-3-13(4-2-12)19-10-7-14(17-19)11-5-8-18(9-6-11)15(20)21/h1-4,7,10-11H,5-6,8-9H2,(H,20,21). The number of amides is 1. The van der Waals surface area contributed by atoms with E-state index in [1.807, 2.05) is 12.3 Å². The van der Waals surface area contributed by atoms with Crippen molar-refractivity contribution >= 4 is 6.09 Å². The van der Waals surface area contributed by atoms with Crippen LogP contribution in [0.1, 0.15) is 24.5 Å². The van der Waals surface area contributed by atoms with Gasteiger partial charge in [0.25, 0.3) is 0 Å². The topological polar surface area (TPSA) is 58.4 Å². The van der Waals surface area contributed by atoms with Crippen LogP contribution >= 0.6 is 0 Å². The zero-order valence-corrected chi connectivity index (χ0v) is 11.4. The molecular formula is C15H16FN3O2. The maximum absolute atomic E-state index is 12.9. The molecule has 1 N–H and O–H groups in total. The Bertz CT molecular complexity index is 631. The monoisotopic (exact) mass is 289 g/mol. The quantitative estimate of drug-likeness (QED) is 0.924. The number of likely N-dealkylation sites (tertiary alicyclic amines) is 1. The fourth-order valence-electron chi connectivity index (χ4n) is 2.66. The highest BCUT2D eigenvalue weighted by molar-refractivity contribution is 5.65. The van der Waals surface area contributed by atoms with Gasteiger partial charge in [0, 0.05) is 25.2 Å². The number of halogens is 1. The van der Waals surface area contributed by atoms with Gasteiger partial charge in [-0.25, -0.2) is 13.9 Å². The molecule has 1 amide bonds. The molecule has 0 radical (unpaired) electrons. The third kappa shape index (κ3) is 2.89. The normalized spacial score (nSPS) is 16.1. The maximum Gasteiger partial charge on any atom is 0.407 e. The fraction of sp³-hybridized carbons (Fsp3) is 0.333. The summed E-state index contributed by atoms with van der Waals surface area (Å²) in [7, 11) is 0. The van der Waals surface area contributed by atoms with Crippen molar-refractivity contribution in [3.8, 4) is 5.69 Å². The molecular weight excluding hydrogens is 273 g/mol. The van der Waals surface area contributed by atoms with E-state index in [1.54, 1.807) is 16.8 Å². The van der Waals surface area contributed by atoms with Crippen LogP contribution < -0.4 is 0 Å². The van der Waals surface area contributed by atoms with E-state index in [2.05, 4.69) is 5.10 Å². The average Bonchev–Trinajstić information content (AvgIpc) is 2.98. The summed E-state index contributed by atoms with van der Waals surface area (Å²) in [6.45, 7) is 1.09. The molecule has 2 aromatic rings. The van der Waals surface area contributed by atoms with Gasteiger partial charge in [-0.2, -0.15) is 5.10 Å². The third-order valence-electron chi connectivity index (χ3n) is 3.88. The number of nitrogens with zero attached hydrogens (tertiary/aromatic N) is 3. The number of hydrogen-bond acceptors (Lipinski definition) is 2. The summed E-state index contributed by atoms with van der Waals surface area (Å²) in [4.78, 5) is 12.3. The van der Waals surface area contributed by atoms with E-state index in [0.29, 0.717) is 13.1 Å². The first kappa shape index (κ1) is 13.6. The van der Waals surface area contributed by atoms with Crippen molar-refractivity contribution in [3.63, 3.8) is 0 Å². The molecule has 0 aliphatic carbocycles. The van der Waals surface area contributed by atoms with E-state index in [1.165, 1.54) is 17.0 Å². The number of carboxylic acid groups (broad SMARTS) is 1. The van der Waals surface area contributed by atoms with Crippen LogP contribution in [0.4, 0.5) is 9.18 Å². The first-order chi connectivity index (χ1) is 10.1. The second kappa shape index (κ2) is 5.55. The van der Waals surface area contributed by atoms with Crippen molar-refractivity contribution < 1.29 is 14.3 Å². The molecule has 1 saturated heterocycles. The van der Waals surface area contributed by atoms with Crippen LogP contribution in [0.2, 0.25) is 0 Å². The molecule has 5 nitrogen and oxygen atoms in total. The van der Waals surface area contributed by atoms with E-state index < -0.39 is 6.09 Å². The van der Waals surface area contributed by atoms with Gasteiger partial charge in [0.15, 0.2) is 0 Å². The smallest absolute Gasteiger partial charge is 0.407 e. The van der Waals surface area contributed by atoms with Crippen molar-refractivity contribution in [3.05, 3.63) is 48.0 Å². The van der Waals surface area contributed by atoms with E-state index in [9.17, 15) is 9.18 Å². The highest BCUT2D eigenvalue weighted by atomic mass is 19.1. The van der Waals surface area contributed by atoms with Crippen molar-refractivity contribution in [1.82, 2.24) is 14.7 Å². The summed E-state index contributed by atoms with van der Waals surface area (Å²) in [5.74, 6) is 0.00877. The van der Waals surface area contributed by atoms with Gasteiger partial charge in [-0.3, -0.25) is 0 Å². The third-order valence-corrected chi connectivity index (χ3v) is 3.88. The molecule has 0 saturated carbocycles. The second-order valence-electron chi connectivity index (χ2n) is 5.21. The Kier molecular flexibility index (Phi) is 3.60. The largest absolute Gasteiger partial charge is 0.465 e. The highest BCUT2D eigenvalue weighted by Crippen LogP contribution is 2.27. The molecule has 1 aliphatic rings. The summed E-state index contributed by atoms with van der Waals surface area (Å²) in [6, 6.07) is 8.12. The van der Waals surface area contributed by atoms with E-state index >= 15 is 0 Å². The Morgan fingerprint density at radius 1 is 1.19 bits per heavy atom. The Morgan fingerprint density at radius 3 is 2.48 bits per heavy atom. The van der Waals surface area contributed by atoms with E-state index in [0.717, 1.165) is 24.2 Å². The SMILES string of the molecule is O=C(O)N1CCC(c2ccn(-c3ccc(F)cc3)n2)CC1. The van der Waals surface area contributed by atoms with Gasteiger partial charge < -0.3 is 10.0 Å². The molecule has 0 unspecified atom stereocenters. The minimum Gasteiger partial charge on any atom is -0.465 e. The van der Waals surface area contributed by atoms with Crippen molar-refractivity contribution in [2.75, 3.05) is 13.1 Å². The average molecular weight is 289 g/mol. The molecule has 21 heavy (non-hydrogen) atoms. The van der Waals surface area contributed by atoms with Gasteiger partial charge in [-0.15, -0.1) is 0 Å². The zero-order valence-electron chi connectivity index (χ0n) is 11.4. The zero-order chi connectivity index (χ0) is 14.8. The van der Waals surface area contributed by atoms with Crippen molar-refractivity contribution in [2.24, 2.45) is 0 Å². The van der Waals surface area contributed by atoms with Crippen LogP contribution in [0.15, 0.2) is 36.5 Å². The van der Waals surface area contributed by atoms with Crippen LogP contribution in [0, 0.1) is 5.82 Å². The van der Waals surface area contributed by atoms with Crippen LogP contribution in [-0.2, 0) is 0 Å². The van der Waals surface area contributed by atoms with Crippen LogP contribution in [0.5, 0.6) is 0 Å². The summed E-state index contributed by atoms with van der Waals surface area (Å²) < 4.78 is 14.6. The number of rotatable bonds is 2. The number of carbonyl (C=O) groups is 1.